The third kappa shape index (κ3) is 7.46. The van der Waals surface area contributed by atoms with Crippen molar-refractivity contribution in [2.75, 3.05) is 14.2 Å². The second-order valence-electron chi connectivity index (χ2n) is 10.2. The molecule has 3 rings (SSSR count). The molecular formula is C30H37N3O7. The number of ketones is 1. The smallest absolute Gasteiger partial charge is 0.238 e. The average Bonchev–Trinajstić information content (AvgIpc) is 3.20. The van der Waals surface area contributed by atoms with Gasteiger partial charge in [-0.25, -0.2) is 0 Å². The quantitative estimate of drug-likeness (QED) is 0.257. The van der Waals surface area contributed by atoms with Gasteiger partial charge in [-0.2, -0.15) is 0 Å². The molecule has 0 aliphatic carbocycles. The summed E-state index contributed by atoms with van der Waals surface area (Å²) in [5, 5.41) is 7.87. The van der Waals surface area contributed by atoms with E-state index in [1.54, 1.807) is 34.1 Å². The van der Waals surface area contributed by atoms with Gasteiger partial charge in [-0.05, 0) is 35.6 Å². The second-order valence-corrected chi connectivity index (χ2v) is 10.2. The Kier molecular flexibility index (Phi) is 10.4. The molecule has 0 bridgehead atoms. The highest BCUT2D eigenvalue weighted by atomic mass is 16.5. The Balaban J connectivity index is 1.68. The van der Waals surface area contributed by atoms with Crippen molar-refractivity contribution >= 4 is 29.4 Å². The van der Waals surface area contributed by atoms with Crippen LogP contribution in [-0.4, -0.2) is 49.7 Å². The Morgan fingerprint density at radius 2 is 1.57 bits per heavy atom. The van der Waals surface area contributed by atoms with Gasteiger partial charge in [0.1, 0.15) is 5.92 Å². The number of carbonyl (C=O) groups excluding carboxylic acids is 5. The minimum Gasteiger partial charge on any atom is -0.493 e. The highest BCUT2D eigenvalue weighted by Gasteiger charge is 2.46. The van der Waals surface area contributed by atoms with E-state index < -0.39 is 47.4 Å². The van der Waals surface area contributed by atoms with Gasteiger partial charge in [-0.1, -0.05) is 57.2 Å². The lowest BCUT2D eigenvalue weighted by atomic mass is 9.85. The lowest BCUT2D eigenvalue weighted by Crippen LogP contribution is -2.49. The minimum atomic E-state index is -1.15. The van der Waals surface area contributed by atoms with Crippen LogP contribution in [0.25, 0.3) is 0 Å². The standard InChI is InChI=1S/C30H37N3O7/c1-17(2)27(28(36)26-18(3)29(37)33-30(26)38)32-25(35)16-21(20-9-7-6-8-10-20)31-24(34)14-12-19-11-13-22(39-4)23(15-19)40-5/h6-11,13,15,17-18,21,26-27H,12,14,16H2,1-5H3,(H,31,34)(H,32,35)(H,33,37,38)/t18-,21-,26+,27-/m0/s1. The Bertz CT molecular complexity index is 1250. The SMILES string of the molecule is COc1ccc(CCC(=O)N[C@@H](CC(=O)N[C@H](C(=O)[C@@H]2C(=O)NC(=O)[C@H]2C)C(C)C)c2ccccc2)cc1OC. The zero-order valence-electron chi connectivity index (χ0n) is 23.5. The number of imide groups is 1. The van der Waals surface area contributed by atoms with E-state index >= 15 is 0 Å². The fourth-order valence-corrected chi connectivity index (χ4v) is 4.74. The van der Waals surface area contributed by atoms with E-state index in [2.05, 4.69) is 16.0 Å². The van der Waals surface area contributed by atoms with E-state index in [4.69, 9.17) is 9.47 Å². The third-order valence-corrected chi connectivity index (χ3v) is 7.05. The van der Waals surface area contributed by atoms with Gasteiger partial charge >= 0.3 is 0 Å². The summed E-state index contributed by atoms with van der Waals surface area (Å²) in [6.07, 6.45) is 0.508. The number of carbonyl (C=O) groups is 5. The molecule has 3 N–H and O–H groups in total. The largest absolute Gasteiger partial charge is 0.493 e. The molecule has 0 saturated carbocycles. The number of benzene rings is 2. The van der Waals surface area contributed by atoms with E-state index in [0.29, 0.717) is 17.9 Å². The lowest BCUT2D eigenvalue weighted by Gasteiger charge is -2.26. The molecule has 1 aliphatic heterocycles. The first kappa shape index (κ1) is 30.3. The fraction of sp³-hybridized carbons (Fsp3) is 0.433. The van der Waals surface area contributed by atoms with Crippen LogP contribution < -0.4 is 25.4 Å². The van der Waals surface area contributed by atoms with Gasteiger partial charge < -0.3 is 20.1 Å². The maximum absolute atomic E-state index is 13.2. The summed E-state index contributed by atoms with van der Waals surface area (Å²) in [7, 11) is 3.10. The normalized spacial score (nSPS) is 18.1. The lowest BCUT2D eigenvalue weighted by molar-refractivity contribution is -0.137. The van der Waals surface area contributed by atoms with Crippen molar-refractivity contribution in [3.05, 3.63) is 59.7 Å². The number of rotatable bonds is 13. The van der Waals surface area contributed by atoms with Crippen molar-refractivity contribution in [1.82, 2.24) is 16.0 Å². The van der Waals surface area contributed by atoms with Gasteiger partial charge in [0.2, 0.25) is 23.6 Å². The van der Waals surface area contributed by atoms with E-state index in [-0.39, 0.29) is 24.7 Å². The molecule has 2 aromatic carbocycles. The average molecular weight is 552 g/mol. The number of nitrogens with one attached hydrogen (secondary N) is 3. The number of hydrogen-bond donors (Lipinski definition) is 3. The fourth-order valence-electron chi connectivity index (χ4n) is 4.74. The summed E-state index contributed by atoms with van der Waals surface area (Å²) in [6.45, 7) is 5.03. The Labute approximate surface area is 234 Å². The molecule has 0 spiro atoms. The van der Waals surface area contributed by atoms with Gasteiger partial charge in [0.05, 0.1) is 38.6 Å². The zero-order chi connectivity index (χ0) is 29.4. The van der Waals surface area contributed by atoms with E-state index in [1.165, 1.54) is 6.92 Å². The summed E-state index contributed by atoms with van der Waals surface area (Å²) in [5.74, 6) is -3.47. The summed E-state index contributed by atoms with van der Waals surface area (Å²) < 4.78 is 10.6. The highest BCUT2D eigenvalue weighted by molar-refractivity contribution is 6.16. The number of amides is 4. The summed E-state index contributed by atoms with van der Waals surface area (Å²) in [6, 6.07) is 12.9. The molecule has 4 amide bonds. The van der Waals surface area contributed by atoms with Crippen LogP contribution in [0.5, 0.6) is 11.5 Å². The first-order valence-electron chi connectivity index (χ1n) is 13.3. The predicted octanol–water partition coefficient (Wildman–Crippen LogP) is 2.50. The number of Topliss-reactive ketones (excluding diaryl/α,β-unsaturated/α-hetero) is 1. The van der Waals surface area contributed by atoms with Gasteiger partial charge in [0.25, 0.3) is 0 Å². The molecule has 0 unspecified atom stereocenters. The van der Waals surface area contributed by atoms with Crippen LogP contribution in [0.3, 0.4) is 0 Å². The van der Waals surface area contributed by atoms with Crippen LogP contribution in [0, 0.1) is 17.8 Å². The van der Waals surface area contributed by atoms with Crippen molar-refractivity contribution in [3.8, 4) is 11.5 Å². The van der Waals surface area contributed by atoms with Crippen LogP contribution in [0.1, 0.15) is 50.8 Å². The maximum Gasteiger partial charge on any atom is 0.238 e. The third-order valence-electron chi connectivity index (χ3n) is 7.05. The number of aryl methyl sites for hydroxylation is 1. The monoisotopic (exact) mass is 551 g/mol. The molecule has 1 heterocycles. The predicted molar refractivity (Wildman–Crippen MR) is 147 cm³/mol. The molecule has 1 saturated heterocycles. The van der Waals surface area contributed by atoms with E-state index in [0.717, 1.165) is 11.1 Å². The van der Waals surface area contributed by atoms with Gasteiger partial charge in [0, 0.05) is 6.42 Å². The molecular weight excluding hydrogens is 514 g/mol. The van der Waals surface area contributed by atoms with Crippen LogP contribution >= 0.6 is 0 Å². The van der Waals surface area contributed by atoms with Crippen LogP contribution in [-0.2, 0) is 30.4 Å². The topological polar surface area (TPSA) is 140 Å². The second kappa shape index (κ2) is 13.7. The molecule has 0 aromatic heterocycles. The van der Waals surface area contributed by atoms with Gasteiger partial charge in [-0.3, -0.25) is 29.3 Å². The number of hydrogen-bond acceptors (Lipinski definition) is 7. The maximum atomic E-state index is 13.2. The van der Waals surface area contributed by atoms with Crippen LogP contribution in [0.2, 0.25) is 0 Å². The summed E-state index contributed by atoms with van der Waals surface area (Å²) >= 11 is 0. The van der Waals surface area contributed by atoms with E-state index in [1.807, 2.05) is 42.5 Å². The molecule has 10 nitrogen and oxygen atoms in total. The molecule has 1 aliphatic rings. The minimum absolute atomic E-state index is 0.117. The van der Waals surface area contributed by atoms with Crippen molar-refractivity contribution in [2.24, 2.45) is 17.8 Å². The Hall–Kier alpha value is -4.21. The Morgan fingerprint density at radius 3 is 2.15 bits per heavy atom. The first-order valence-corrected chi connectivity index (χ1v) is 13.3. The highest BCUT2D eigenvalue weighted by Crippen LogP contribution is 2.28. The van der Waals surface area contributed by atoms with Crippen LogP contribution in [0.15, 0.2) is 48.5 Å². The molecule has 10 heteroatoms. The van der Waals surface area contributed by atoms with Gasteiger partial charge in [-0.15, -0.1) is 0 Å². The van der Waals surface area contributed by atoms with Crippen molar-refractivity contribution in [2.45, 2.75) is 52.1 Å². The van der Waals surface area contributed by atoms with Crippen LogP contribution in [0.4, 0.5) is 0 Å². The van der Waals surface area contributed by atoms with Crippen molar-refractivity contribution in [3.63, 3.8) is 0 Å². The molecule has 4 atom stereocenters. The molecule has 40 heavy (non-hydrogen) atoms. The molecule has 0 radical (unpaired) electrons. The van der Waals surface area contributed by atoms with Gasteiger partial charge in [0.15, 0.2) is 17.3 Å². The number of ether oxygens (including phenoxy) is 2. The molecule has 2 aromatic rings. The van der Waals surface area contributed by atoms with Crippen molar-refractivity contribution < 1.29 is 33.4 Å². The molecule has 1 fully saturated rings. The molecule has 214 valence electrons. The summed E-state index contributed by atoms with van der Waals surface area (Å²) in [4.78, 5) is 63.5. The zero-order valence-corrected chi connectivity index (χ0v) is 23.5. The summed E-state index contributed by atoms with van der Waals surface area (Å²) in [5.41, 5.74) is 1.63. The Morgan fingerprint density at radius 1 is 0.900 bits per heavy atom. The number of methoxy groups -OCH3 is 2. The van der Waals surface area contributed by atoms with Crippen molar-refractivity contribution in [1.29, 1.82) is 0 Å². The van der Waals surface area contributed by atoms with E-state index in [9.17, 15) is 24.0 Å². The first-order chi connectivity index (χ1) is 19.0.